The van der Waals surface area contributed by atoms with Crippen LogP contribution in [0.5, 0.6) is 0 Å². The number of aromatic nitrogens is 12. The molecule has 16 aromatic carbocycles. The van der Waals surface area contributed by atoms with Crippen LogP contribution >= 0.6 is 0 Å². The van der Waals surface area contributed by atoms with Crippen molar-refractivity contribution in [1.82, 2.24) is 56.5 Å². The number of rotatable bonds is 8. The van der Waals surface area contributed by atoms with Gasteiger partial charge in [-0.3, -0.25) is 18.3 Å². The van der Waals surface area contributed by atoms with Crippen LogP contribution in [0, 0.1) is 0 Å². The molecule has 0 aliphatic rings. The number of hydrogen-bond donors (Lipinski definition) is 0. The summed E-state index contributed by atoms with van der Waals surface area (Å²) in [5, 5.41) is 20.1. The molecule has 0 atom stereocenters. The highest BCUT2D eigenvalue weighted by Gasteiger charge is 2.27. The largest absolute Gasteiger partial charge is 0.309 e. The molecule has 0 aliphatic carbocycles. The number of para-hydroxylation sites is 12. The fourth-order valence-corrected chi connectivity index (χ4v) is 20.3. The second kappa shape index (κ2) is 30.2. The molecule has 28 aromatic rings. The molecule has 28 rings (SSSR count). The minimum absolute atomic E-state index is 0.931. The van der Waals surface area contributed by atoms with Gasteiger partial charge in [-0.15, -0.1) is 0 Å². The van der Waals surface area contributed by atoms with E-state index in [0.29, 0.717) is 0 Å². The average molecular weight is 1640 g/mol. The van der Waals surface area contributed by atoms with Crippen molar-refractivity contribution in [2.75, 3.05) is 0 Å². The van der Waals surface area contributed by atoms with Gasteiger partial charge in [0, 0.05) is 134 Å². The third-order valence-corrected chi connectivity index (χ3v) is 25.4. The third kappa shape index (κ3) is 11.6. The number of hydrogen-bond acceptors (Lipinski definition) is 4. The molecule has 0 spiro atoms. The maximum Gasteiger partial charge on any atom is 0.137 e. The molecule has 0 radical (unpaired) electrons. The molecule has 0 unspecified atom stereocenters. The van der Waals surface area contributed by atoms with Crippen LogP contribution < -0.4 is 0 Å². The standard InChI is InChI=1S/4C29H19N3/c1-2-10-20(11-3-1)31-25-15-7-5-13-23(25)28-26(31)18-17-22-21-12-4-6-14-24(21)32(29(22)28)27-16-8-9-19-30-27;1-2-10-20(11-3-1)31-24-14-6-4-12-21(24)22-17-18-26-28(29(22)31)23-13-5-7-15-25(23)32(26)27-16-8-9-19-30-27;1-2-10-20(11-3-1)31-23-14-6-4-12-21(23)28-25(31)17-18-26-29(28)22-13-5-7-15-24(22)32(26)27-16-8-9-19-30-27;1-2-10-20(11-3-1)31-25-14-6-4-12-21(25)23-18-24-22-13-5-7-15-26(22)32(28(24)19-27(23)31)29-16-8-9-17-30-29/h4*1-19H. The maximum absolute atomic E-state index is 4.73. The maximum atomic E-state index is 4.73. The van der Waals surface area contributed by atoms with E-state index in [4.69, 9.17) is 4.98 Å². The van der Waals surface area contributed by atoms with Gasteiger partial charge in [-0.05, 0) is 182 Å². The van der Waals surface area contributed by atoms with Gasteiger partial charge in [-0.25, -0.2) is 19.9 Å². The Morgan fingerprint density at radius 3 is 0.727 bits per heavy atom. The topological polar surface area (TPSA) is 91.0 Å². The van der Waals surface area contributed by atoms with Crippen LogP contribution in [0.25, 0.3) is 220 Å². The minimum atomic E-state index is 0.931. The van der Waals surface area contributed by atoms with Crippen molar-refractivity contribution in [2.45, 2.75) is 0 Å². The zero-order valence-corrected chi connectivity index (χ0v) is 69.2. The highest BCUT2D eigenvalue weighted by molar-refractivity contribution is 6.31. The number of nitrogens with zero attached hydrogens (tertiary/aromatic N) is 12. The van der Waals surface area contributed by atoms with E-state index in [9.17, 15) is 0 Å². The summed E-state index contributed by atoms with van der Waals surface area (Å²) in [5.74, 6) is 3.73. The molecule has 0 aliphatic heterocycles. The van der Waals surface area contributed by atoms with Crippen molar-refractivity contribution < 1.29 is 0 Å². The fourth-order valence-electron chi connectivity index (χ4n) is 20.3. The SMILES string of the molecule is c1ccc(-n2c3ccccc3c3c2ccc2c4ccccc4n(-c4ccccn4)c23)cc1.c1ccc(-n2c3ccccc3c3c4c5ccccc5n(-c5ccccn5)c4ccc32)cc1.c1ccc(-n2c3ccccc3c3cc4c5ccccc5n(-c5ccccn5)c4cc32)cc1.c1ccc(-n2c3ccccc3c3ccc4c(c5ccccc5n4-c4ccccn4)c32)cc1. The number of pyridine rings is 4. The van der Waals surface area contributed by atoms with Gasteiger partial charge in [0.1, 0.15) is 23.3 Å². The van der Waals surface area contributed by atoms with Crippen molar-refractivity contribution in [3.8, 4) is 46.0 Å². The lowest BCUT2D eigenvalue weighted by atomic mass is 10.1. The monoisotopic (exact) mass is 1640 g/mol. The molecule has 0 bridgehead atoms. The Hall–Kier alpha value is -17.5. The van der Waals surface area contributed by atoms with Crippen LogP contribution in [0.1, 0.15) is 0 Å². The molecule has 12 heteroatoms. The van der Waals surface area contributed by atoms with Crippen LogP contribution in [0.3, 0.4) is 0 Å². The first-order valence-electron chi connectivity index (χ1n) is 43.3. The first-order chi connectivity index (χ1) is 63.6. The predicted octanol–water partition coefficient (Wildman–Crippen LogP) is 29.1. The summed E-state index contributed by atoms with van der Waals surface area (Å²) in [6.07, 6.45) is 7.43. The quantitative estimate of drug-likeness (QED) is 0.152. The lowest BCUT2D eigenvalue weighted by Gasteiger charge is -2.09. The zero-order valence-electron chi connectivity index (χ0n) is 69.2. The first-order valence-corrected chi connectivity index (χ1v) is 43.3. The summed E-state index contributed by atoms with van der Waals surface area (Å²) in [7, 11) is 0. The molecular weight excluding hydrogens is 1560 g/mol. The van der Waals surface area contributed by atoms with Gasteiger partial charge in [0.25, 0.3) is 0 Å². The molecule has 128 heavy (non-hydrogen) atoms. The lowest BCUT2D eigenvalue weighted by Crippen LogP contribution is -1.97. The van der Waals surface area contributed by atoms with Crippen molar-refractivity contribution in [3.63, 3.8) is 0 Å². The average Bonchev–Trinajstić information content (AvgIpc) is 1.55. The van der Waals surface area contributed by atoms with E-state index in [1.54, 1.807) is 0 Å². The molecule has 12 heterocycles. The smallest absolute Gasteiger partial charge is 0.137 e. The van der Waals surface area contributed by atoms with Crippen LogP contribution in [-0.2, 0) is 0 Å². The second-order valence-electron chi connectivity index (χ2n) is 32.4. The van der Waals surface area contributed by atoms with Crippen molar-refractivity contribution in [1.29, 1.82) is 0 Å². The van der Waals surface area contributed by atoms with Crippen LogP contribution in [-0.4, -0.2) is 56.5 Å². The van der Waals surface area contributed by atoms with Gasteiger partial charge in [0.05, 0.1) is 88.3 Å². The first kappa shape index (κ1) is 73.3. The van der Waals surface area contributed by atoms with Crippen molar-refractivity contribution in [2.24, 2.45) is 0 Å². The Morgan fingerprint density at radius 1 is 0.125 bits per heavy atom. The van der Waals surface area contributed by atoms with Crippen LogP contribution in [0.15, 0.2) is 462 Å². The van der Waals surface area contributed by atoms with Gasteiger partial charge in [-0.1, -0.05) is 255 Å². The Morgan fingerprint density at radius 2 is 0.352 bits per heavy atom. The van der Waals surface area contributed by atoms with Gasteiger partial charge in [0.2, 0.25) is 0 Å². The Labute approximate surface area is 733 Å². The summed E-state index contributed by atoms with van der Waals surface area (Å²) < 4.78 is 18.6. The van der Waals surface area contributed by atoms with Gasteiger partial charge >= 0.3 is 0 Å². The number of benzene rings is 16. The van der Waals surface area contributed by atoms with Gasteiger partial charge in [0.15, 0.2) is 0 Å². The second-order valence-corrected chi connectivity index (χ2v) is 32.4. The van der Waals surface area contributed by atoms with Gasteiger partial charge < -0.3 is 18.3 Å². The number of fused-ring (bicyclic) bond motifs is 27. The van der Waals surface area contributed by atoms with E-state index < -0.39 is 0 Å². The molecular formula is C116H76N12. The normalized spacial score (nSPS) is 11.8. The Bertz CT molecular complexity index is 8520. The molecule has 12 nitrogen and oxygen atoms in total. The molecule has 0 fully saturated rings. The summed E-state index contributed by atoms with van der Waals surface area (Å²) in [6.45, 7) is 0. The molecule has 12 aromatic heterocycles. The van der Waals surface area contributed by atoms with Crippen LogP contribution in [0.4, 0.5) is 0 Å². The van der Waals surface area contributed by atoms with E-state index in [2.05, 4.69) is 446 Å². The summed E-state index contributed by atoms with van der Waals surface area (Å²) in [4.78, 5) is 18.8. The summed E-state index contributed by atoms with van der Waals surface area (Å²) in [6, 6.07) is 154. The Balaban J connectivity index is 0.0000000926. The summed E-state index contributed by atoms with van der Waals surface area (Å²) >= 11 is 0. The minimum Gasteiger partial charge on any atom is -0.309 e. The summed E-state index contributed by atoms with van der Waals surface area (Å²) in [5.41, 5.74) is 23.8. The molecule has 0 saturated heterocycles. The van der Waals surface area contributed by atoms with E-state index in [1.165, 1.54) is 186 Å². The van der Waals surface area contributed by atoms with Crippen molar-refractivity contribution >= 4 is 174 Å². The molecule has 0 amide bonds. The molecule has 0 N–H and O–H groups in total. The highest BCUT2D eigenvalue weighted by Crippen LogP contribution is 2.47. The molecule has 600 valence electrons. The van der Waals surface area contributed by atoms with Crippen LogP contribution in [0.2, 0.25) is 0 Å². The third-order valence-electron chi connectivity index (χ3n) is 25.4. The van der Waals surface area contributed by atoms with E-state index in [-0.39, 0.29) is 0 Å². The van der Waals surface area contributed by atoms with Crippen molar-refractivity contribution in [3.05, 3.63) is 462 Å². The predicted molar refractivity (Wildman–Crippen MR) is 532 cm³/mol. The van der Waals surface area contributed by atoms with Gasteiger partial charge in [-0.2, -0.15) is 0 Å². The zero-order chi connectivity index (χ0) is 84.3. The van der Waals surface area contributed by atoms with E-state index >= 15 is 0 Å². The van der Waals surface area contributed by atoms with E-state index in [1.807, 2.05) is 67.3 Å². The lowest BCUT2D eigenvalue weighted by molar-refractivity contribution is 1.08. The highest BCUT2D eigenvalue weighted by atomic mass is 15.1. The molecule has 0 saturated carbocycles. The fraction of sp³-hybridized carbons (Fsp3) is 0. The Kier molecular flexibility index (Phi) is 17.3. The van der Waals surface area contributed by atoms with E-state index in [0.717, 1.165) is 34.3 Å².